The molecule has 12 heteroatoms. The largest absolute Gasteiger partial charge is 0.460 e. The van der Waals surface area contributed by atoms with Gasteiger partial charge >= 0.3 is 23.0 Å². The van der Waals surface area contributed by atoms with Gasteiger partial charge in [0.1, 0.15) is 34.5 Å². The molecule has 88 heavy (non-hydrogen) atoms. The maximum absolute atomic E-state index is 7.96. The second-order valence-electron chi connectivity index (χ2n) is 23.0. The molecule has 0 bridgehead atoms. The predicted octanol–water partition coefficient (Wildman–Crippen LogP) is 23.9. The summed E-state index contributed by atoms with van der Waals surface area (Å²) in [6, 6.07) is 92.4. The zero-order valence-electron chi connectivity index (χ0n) is 46.5. The molecule has 0 fully saturated rings. The minimum Gasteiger partial charge on any atom is -0.413 e. The fraction of sp³-hybridized carbons (Fsp3) is 0. The molecule has 0 aromatic heterocycles. The maximum atomic E-state index is 7.96. The zero-order valence-corrected chi connectivity index (χ0v) is 49.2. The van der Waals surface area contributed by atoms with E-state index < -0.39 is 23.0 Å². The fourth-order valence-electron chi connectivity index (χ4n) is 14.2. The van der Waals surface area contributed by atoms with E-state index in [0.717, 1.165) is 140 Å². The zero-order chi connectivity index (χ0) is 57.5. The third kappa shape index (κ3) is 7.09. The third-order valence-electron chi connectivity index (χ3n) is 18.0. The Bertz CT molecular complexity index is 5500. The Balaban J connectivity index is 0.938. The summed E-state index contributed by atoms with van der Waals surface area (Å²) in [7, 11) is -13.2. The highest BCUT2D eigenvalue weighted by atomic mass is 31.3. The van der Waals surface area contributed by atoms with Crippen molar-refractivity contribution >= 4 is 152 Å². The molecule has 2 heterocycles. The average molecular weight is 1190 g/mol. The Kier molecular flexibility index (Phi) is 9.90. The highest BCUT2D eigenvalue weighted by Crippen LogP contribution is 2.80. The van der Waals surface area contributed by atoms with Crippen LogP contribution in [0.15, 0.2) is 280 Å². The van der Waals surface area contributed by atoms with Crippen molar-refractivity contribution in [2.75, 3.05) is 0 Å². The van der Waals surface area contributed by atoms with Gasteiger partial charge in [-0.05, 0) is 147 Å². The monoisotopic (exact) mass is 1190 g/mol. The molecule has 20 rings (SSSR count). The molecular weight excluding hydrogens is 1140 g/mol. The highest BCUT2D eigenvalue weighted by molar-refractivity contribution is 7.79. The molecule has 0 atom stereocenters. The molecule has 0 unspecified atom stereocenters. The van der Waals surface area contributed by atoms with Gasteiger partial charge in [0.15, 0.2) is 0 Å². The summed E-state index contributed by atoms with van der Waals surface area (Å²) in [4.78, 5) is 0. The van der Waals surface area contributed by atoms with Crippen LogP contribution in [0.25, 0.3) is 140 Å². The van der Waals surface area contributed by atoms with Crippen molar-refractivity contribution in [1.29, 1.82) is 0 Å². The number of fused-ring (bicyclic) bond motifs is 3. The molecule has 0 saturated carbocycles. The van der Waals surface area contributed by atoms with Crippen LogP contribution in [0, 0.1) is 0 Å². The molecule has 2 aliphatic rings. The van der Waals surface area contributed by atoms with Crippen molar-refractivity contribution in [2.45, 2.75) is 0 Å². The predicted molar refractivity (Wildman–Crippen MR) is 364 cm³/mol. The lowest BCUT2D eigenvalue weighted by molar-refractivity contribution is 0.449. The summed E-state index contributed by atoms with van der Waals surface area (Å²) in [5, 5.41) is 25.2. The Labute approximate surface area is 502 Å². The van der Waals surface area contributed by atoms with Gasteiger partial charge in [-0.3, -0.25) is 0 Å². The van der Waals surface area contributed by atoms with Gasteiger partial charge < -0.3 is 27.1 Å². The van der Waals surface area contributed by atoms with E-state index in [0.29, 0.717) is 34.5 Å². The maximum Gasteiger partial charge on any atom is 0.460 e. The normalized spacial score (nSPS) is 15.1. The highest BCUT2D eigenvalue weighted by Gasteiger charge is 2.51. The van der Waals surface area contributed by atoms with E-state index in [4.69, 9.17) is 40.7 Å². The van der Waals surface area contributed by atoms with Gasteiger partial charge in [-0.2, -0.15) is 0 Å². The van der Waals surface area contributed by atoms with Gasteiger partial charge in [-0.1, -0.05) is 220 Å². The Morgan fingerprint density at radius 2 is 0.466 bits per heavy atom. The molecular formula is C76H44N3O6P3. The number of benzene rings is 18. The molecule has 2 aliphatic heterocycles. The lowest BCUT2D eigenvalue weighted by Gasteiger charge is -2.33. The molecule has 9 nitrogen and oxygen atoms in total. The van der Waals surface area contributed by atoms with E-state index in [1.165, 1.54) is 0 Å². The molecule has 0 amide bonds. The smallest absolute Gasteiger partial charge is 0.413 e. The van der Waals surface area contributed by atoms with E-state index >= 15 is 0 Å². The molecule has 0 aliphatic carbocycles. The third-order valence-corrected chi connectivity index (χ3v) is 26.0. The minimum absolute atomic E-state index is 0.489. The summed E-state index contributed by atoms with van der Waals surface area (Å²) < 4.78 is 64.8. The average Bonchev–Trinajstić information content (AvgIpc) is 0.994. The van der Waals surface area contributed by atoms with Crippen LogP contribution in [-0.2, 0) is 0 Å². The molecule has 18 aromatic rings. The van der Waals surface area contributed by atoms with Gasteiger partial charge in [0.25, 0.3) is 0 Å². The first-order chi connectivity index (χ1) is 43.4. The van der Waals surface area contributed by atoms with Crippen molar-refractivity contribution in [3.8, 4) is 45.6 Å². The number of nitrogens with zero attached hydrogens (tertiary/aromatic N) is 3. The van der Waals surface area contributed by atoms with E-state index in [1.807, 2.05) is 72.8 Å². The molecule has 0 N–H and O–H groups in total. The Morgan fingerprint density at radius 1 is 0.216 bits per heavy atom. The van der Waals surface area contributed by atoms with Crippen molar-refractivity contribution < 1.29 is 27.1 Å². The fourth-order valence-corrected chi connectivity index (χ4v) is 23.4. The Hall–Kier alpha value is -10.4. The number of rotatable bonds is 8. The van der Waals surface area contributed by atoms with Crippen LogP contribution in [0.3, 0.4) is 0 Å². The van der Waals surface area contributed by atoms with Gasteiger partial charge in [0.05, 0.1) is 0 Å². The van der Waals surface area contributed by atoms with Crippen LogP contribution < -0.4 is 27.1 Å². The standard InChI is InChI=1S/C76H44N3O6P3/c1-3-19-63-57(17-1)58-18-2-4-20-64(58)81-86(80-63)77-87(82-65-41-33-53-25-21-45-9-5-13-49-29-37-59(65)73(53)69(45)49,83-66-42-34-54-26-22-46-10-6-14-50-30-38-60(66)74(54)70(46)50)79-88(78-86,84-67-43-35-55-27-23-47-11-7-15-51-31-39-61(67)75(55)71(47)51)85-68-44-36-56-28-24-48-12-8-16-52-32-40-62(68)76(56)72(48)52/h1-44H. The minimum atomic E-state index is -4.47. The summed E-state index contributed by atoms with van der Waals surface area (Å²) in [6.45, 7) is 0. The van der Waals surface area contributed by atoms with E-state index in [9.17, 15) is 0 Å². The van der Waals surface area contributed by atoms with Crippen molar-refractivity contribution in [2.24, 2.45) is 13.5 Å². The summed E-state index contributed by atoms with van der Waals surface area (Å²) in [6.07, 6.45) is 0. The first kappa shape index (κ1) is 48.8. The van der Waals surface area contributed by atoms with Gasteiger partial charge in [-0.15, -0.1) is 0 Å². The SMILES string of the molecule is c1ccc2c(c1)OP1(=NP(Oc3ccc4ccc5cccc6ccc3c4c56)(Oc3ccc4ccc5cccc6ccc3c4c56)=NP(Oc3ccc4ccc5cccc6ccc3c4c56)(Oc3ccc4ccc5cccc6ccc3c4c56)=N1)Oc1ccccc1-2. The summed E-state index contributed by atoms with van der Waals surface area (Å²) in [5.74, 6) is 2.96. The van der Waals surface area contributed by atoms with Crippen molar-refractivity contribution in [1.82, 2.24) is 0 Å². The molecule has 18 aromatic carbocycles. The lowest BCUT2D eigenvalue weighted by Crippen LogP contribution is -2.11. The van der Waals surface area contributed by atoms with Gasteiger partial charge in [0, 0.05) is 54.2 Å². The summed E-state index contributed by atoms with van der Waals surface area (Å²) in [5.41, 5.74) is 1.60. The van der Waals surface area contributed by atoms with E-state index in [1.54, 1.807) is 0 Å². The lowest BCUT2D eigenvalue weighted by atomic mass is 9.94. The van der Waals surface area contributed by atoms with Crippen LogP contribution in [0.5, 0.6) is 34.5 Å². The van der Waals surface area contributed by atoms with Crippen LogP contribution in [-0.4, -0.2) is 0 Å². The number of para-hydroxylation sites is 2. The van der Waals surface area contributed by atoms with Crippen LogP contribution in [0.2, 0.25) is 0 Å². The topological polar surface area (TPSA) is 92.5 Å². The van der Waals surface area contributed by atoms with Crippen LogP contribution in [0.1, 0.15) is 0 Å². The van der Waals surface area contributed by atoms with Crippen LogP contribution >= 0.6 is 23.0 Å². The molecule has 0 saturated heterocycles. The number of hydrogen-bond donors (Lipinski definition) is 0. The first-order valence-electron chi connectivity index (χ1n) is 29.3. The second kappa shape index (κ2) is 17.9. The first-order valence-corrected chi connectivity index (χ1v) is 33.9. The van der Waals surface area contributed by atoms with E-state index in [2.05, 4.69) is 194 Å². The quantitative estimate of drug-likeness (QED) is 0.111. The van der Waals surface area contributed by atoms with E-state index in [-0.39, 0.29) is 0 Å². The van der Waals surface area contributed by atoms with Gasteiger partial charge in [-0.25, -0.2) is 0 Å². The van der Waals surface area contributed by atoms with Crippen molar-refractivity contribution in [3.63, 3.8) is 0 Å². The number of hydrogen-bond acceptors (Lipinski definition) is 9. The summed E-state index contributed by atoms with van der Waals surface area (Å²) >= 11 is 0. The van der Waals surface area contributed by atoms with Crippen LogP contribution in [0.4, 0.5) is 0 Å². The van der Waals surface area contributed by atoms with Gasteiger partial charge in [0.2, 0.25) is 0 Å². The molecule has 414 valence electrons. The second-order valence-corrected chi connectivity index (χ2v) is 29.1. The molecule has 1 spiro atoms. The van der Waals surface area contributed by atoms with Crippen molar-refractivity contribution in [3.05, 3.63) is 267 Å². The molecule has 0 radical (unpaired) electrons. The Morgan fingerprint density at radius 3 is 0.773 bits per heavy atom.